The zero-order valence-corrected chi connectivity index (χ0v) is 13.3. The second-order valence-corrected chi connectivity index (χ2v) is 6.00. The number of carbonyl (C=O) groups excluding carboxylic acids is 1. The van der Waals surface area contributed by atoms with Crippen LogP contribution in [0.5, 0.6) is 0 Å². The van der Waals surface area contributed by atoms with E-state index in [1.165, 1.54) is 6.92 Å². The van der Waals surface area contributed by atoms with E-state index in [1.807, 2.05) is 30.3 Å². The molecule has 0 spiro atoms. The van der Waals surface area contributed by atoms with Crippen LogP contribution in [-0.2, 0) is 0 Å². The Balaban J connectivity index is 1.99. The molecule has 5 nitrogen and oxygen atoms in total. The number of ketones is 1. The predicted octanol–water partition coefficient (Wildman–Crippen LogP) is 2.55. The number of aliphatic hydroxyl groups is 1. The van der Waals surface area contributed by atoms with Crippen LogP contribution < -0.4 is 4.90 Å². The molecule has 1 unspecified atom stereocenters. The van der Waals surface area contributed by atoms with Gasteiger partial charge in [-0.05, 0) is 24.8 Å². The van der Waals surface area contributed by atoms with Crippen LogP contribution in [0.25, 0.3) is 11.3 Å². The lowest BCUT2D eigenvalue weighted by Gasteiger charge is -2.32. The van der Waals surface area contributed by atoms with E-state index >= 15 is 0 Å². The molecule has 3 rings (SSSR count). The molecule has 0 saturated carbocycles. The average molecular weight is 311 g/mol. The van der Waals surface area contributed by atoms with Gasteiger partial charge in [0.2, 0.25) is 5.95 Å². The fraction of sp³-hybridized carbons (Fsp3) is 0.389. The van der Waals surface area contributed by atoms with E-state index in [4.69, 9.17) is 0 Å². The number of aliphatic hydroxyl groups excluding tert-OH is 1. The van der Waals surface area contributed by atoms with Gasteiger partial charge in [0, 0.05) is 32.2 Å². The summed E-state index contributed by atoms with van der Waals surface area (Å²) in [5.41, 5.74) is 2.15. The smallest absolute Gasteiger partial charge is 0.226 e. The lowest BCUT2D eigenvalue weighted by molar-refractivity contribution is 0.101. The monoisotopic (exact) mass is 311 g/mol. The number of Topliss-reactive ketones (excluding diaryl/α,β-unsaturated/α-hetero) is 1. The number of hydrogen-bond acceptors (Lipinski definition) is 5. The average Bonchev–Trinajstić information content (AvgIpc) is 2.62. The molecule has 1 saturated heterocycles. The van der Waals surface area contributed by atoms with Gasteiger partial charge in [-0.1, -0.05) is 30.3 Å². The largest absolute Gasteiger partial charge is 0.396 e. The van der Waals surface area contributed by atoms with Crippen molar-refractivity contribution in [2.24, 2.45) is 5.92 Å². The Morgan fingerprint density at radius 2 is 2.09 bits per heavy atom. The molecule has 0 bridgehead atoms. The summed E-state index contributed by atoms with van der Waals surface area (Å²) in [6.45, 7) is 3.28. The molecule has 0 amide bonds. The molecule has 1 aromatic heterocycles. The molecule has 23 heavy (non-hydrogen) atoms. The molecular formula is C18H21N3O2. The van der Waals surface area contributed by atoms with Crippen LogP contribution in [-0.4, -0.2) is 40.6 Å². The van der Waals surface area contributed by atoms with Gasteiger partial charge >= 0.3 is 0 Å². The molecule has 1 fully saturated rings. The third-order valence-corrected chi connectivity index (χ3v) is 4.20. The van der Waals surface area contributed by atoms with Crippen molar-refractivity contribution >= 4 is 11.7 Å². The van der Waals surface area contributed by atoms with E-state index in [0.717, 1.165) is 37.2 Å². The maximum absolute atomic E-state index is 11.8. The normalized spacial score (nSPS) is 18.0. The van der Waals surface area contributed by atoms with Gasteiger partial charge in [0.05, 0.1) is 5.69 Å². The molecule has 1 aliphatic rings. The number of rotatable bonds is 4. The minimum absolute atomic E-state index is 0.0680. The molecule has 1 atom stereocenters. The van der Waals surface area contributed by atoms with E-state index in [1.54, 1.807) is 6.07 Å². The number of aromatic nitrogens is 2. The van der Waals surface area contributed by atoms with Crippen molar-refractivity contribution in [3.8, 4) is 11.3 Å². The molecule has 1 aliphatic heterocycles. The molecule has 2 aromatic rings. The minimum atomic E-state index is -0.0680. The number of nitrogens with zero attached hydrogens (tertiary/aromatic N) is 3. The van der Waals surface area contributed by atoms with Crippen molar-refractivity contribution in [1.29, 1.82) is 0 Å². The Morgan fingerprint density at radius 1 is 1.30 bits per heavy atom. The van der Waals surface area contributed by atoms with Crippen LogP contribution in [0.3, 0.4) is 0 Å². The van der Waals surface area contributed by atoms with Crippen molar-refractivity contribution in [2.75, 3.05) is 24.6 Å². The topological polar surface area (TPSA) is 66.3 Å². The molecular weight excluding hydrogens is 290 g/mol. The van der Waals surface area contributed by atoms with Crippen LogP contribution in [0.15, 0.2) is 36.4 Å². The molecule has 1 aromatic carbocycles. The molecule has 1 N–H and O–H groups in total. The summed E-state index contributed by atoms with van der Waals surface area (Å²) < 4.78 is 0. The third kappa shape index (κ3) is 3.56. The first kappa shape index (κ1) is 15.6. The van der Waals surface area contributed by atoms with Gasteiger partial charge in [0.25, 0.3) is 0 Å². The molecule has 5 heteroatoms. The zero-order valence-electron chi connectivity index (χ0n) is 13.3. The van der Waals surface area contributed by atoms with E-state index in [-0.39, 0.29) is 18.3 Å². The standard InChI is InChI=1S/C18H21N3O2/c1-13(23)16-10-17(15-7-3-2-4-8-15)20-18(19-16)21-9-5-6-14(11-21)12-22/h2-4,7-8,10,14,22H,5-6,9,11-12H2,1H3. The van der Waals surface area contributed by atoms with Crippen LogP contribution in [0.4, 0.5) is 5.95 Å². The van der Waals surface area contributed by atoms with Crippen molar-refractivity contribution in [2.45, 2.75) is 19.8 Å². The first-order chi connectivity index (χ1) is 11.2. The maximum atomic E-state index is 11.8. The third-order valence-electron chi connectivity index (χ3n) is 4.20. The van der Waals surface area contributed by atoms with Crippen molar-refractivity contribution in [3.63, 3.8) is 0 Å². The van der Waals surface area contributed by atoms with Gasteiger partial charge < -0.3 is 10.0 Å². The summed E-state index contributed by atoms with van der Waals surface area (Å²) in [7, 11) is 0. The Kier molecular flexibility index (Phi) is 4.67. The van der Waals surface area contributed by atoms with E-state index in [0.29, 0.717) is 11.6 Å². The van der Waals surface area contributed by atoms with Crippen molar-refractivity contribution < 1.29 is 9.90 Å². The molecule has 0 aliphatic carbocycles. The highest BCUT2D eigenvalue weighted by Crippen LogP contribution is 2.24. The summed E-state index contributed by atoms with van der Waals surface area (Å²) in [6.07, 6.45) is 2.02. The molecule has 120 valence electrons. The van der Waals surface area contributed by atoms with Crippen LogP contribution in [0.1, 0.15) is 30.3 Å². The van der Waals surface area contributed by atoms with Gasteiger partial charge in [0.1, 0.15) is 5.69 Å². The van der Waals surface area contributed by atoms with Gasteiger partial charge in [-0.3, -0.25) is 4.79 Å². The van der Waals surface area contributed by atoms with Gasteiger partial charge in [-0.15, -0.1) is 0 Å². The first-order valence-electron chi connectivity index (χ1n) is 7.98. The molecule has 2 heterocycles. The van der Waals surface area contributed by atoms with Crippen molar-refractivity contribution in [1.82, 2.24) is 9.97 Å². The summed E-state index contributed by atoms with van der Waals surface area (Å²) in [5, 5.41) is 9.41. The molecule has 0 radical (unpaired) electrons. The van der Waals surface area contributed by atoms with Crippen molar-refractivity contribution in [3.05, 3.63) is 42.1 Å². The predicted molar refractivity (Wildman–Crippen MR) is 89.5 cm³/mol. The summed E-state index contributed by atoms with van der Waals surface area (Å²) in [5.74, 6) is 0.754. The Bertz CT molecular complexity index is 688. The highest BCUT2D eigenvalue weighted by atomic mass is 16.3. The van der Waals surface area contributed by atoms with E-state index in [2.05, 4.69) is 14.9 Å². The summed E-state index contributed by atoms with van der Waals surface area (Å²) in [4.78, 5) is 23.0. The number of piperidine rings is 1. The SMILES string of the molecule is CC(=O)c1cc(-c2ccccc2)nc(N2CCCC(CO)C2)n1. The number of anilines is 1. The maximum Gasteiger partial charge on any atom is 0.226 e. The zero-order chi connectivity index (χ0) is 16.2. The quantitative estimate of drug-likeness (QED) is 0.879. The fourth-order valence-corrected chi connectivity index (χ4v) is 2.91. The van der Waals surface area contributed by atoms with Gasteiger partial charge in [0.15, 0.2) is 5.78 Å². The number of hydrogen-bond donors (Lipinski definition) is 1. The Hall–Kier alpha value is -2.27. The second-order valence-electron chi connectivity index (χ2n) is 6.00. The summed E-state index contributed by atoms with van der Waals surface area (Å²) >= 11 is 0. The van der Waals surface area contributed by atoms with Crippen LogP contribution in [0.2, 0.25) is 0 Å². The number of carbonyl (C=O) groups is 1. The highest BCUT2D eigenvalue weighted by molar-refractivity contribution is 5.93. The Labute approximate surface area is 136 Å². The minimum Gasteiger partial charge on any atom is -0.396 e. The van der Waals surface area contributed by atoms with Crippen LogP contribution >= 0.6 is 0 Å². The van der Waals surface area contributed by atoms with Gasteiger partial charge in [-0.2, -0.15) is 0 Å². The lowest BCUT2D eigenvalue weighted by atomic mass is 9.99. The summed E-state index contributed by atoms with van der Waals surface area (Å²) in [6, 6.07) is 11.6. The van der Waals surface area contributed by atoms with E-state index in [9.17, 15) is 9.90 Å². The second kappa shape index (κ2) is 6.87. The Morgan fingerprint density at radius 3 is 2.78 bits per heavy atom. The lowest BCUT2D eigenvalue weighted by Crippen LogP contribution is -2.38. The van der Waals surface area contributed by atoms with Gasteiger partial charge in [-0.25, -0.2) is 9.97 Å². The number of benzene rings is 1. The highest BCUT2D eigenvalue weighted by Gasteiger charge is 2.22. The first-order valence-corrected chi connectivity index (χ1v) is 7.98. The van der Waals surface area contributed by atoms with Crippen LogP contribution in [0, 0.1) is 5.92 Å². The van der Waals surface area contributed by atoms with E-state index < -0.39 is 0 Å². The fourth-order valence-electron chi connectivity index (χ4n) is 2.91.